The number of anilines is 1. The van der Waals surface area contributed by atoms with E-state index in [-0.39, 0.29) is 6.61 Å². The molecule has 0 bridgehead atoms. The van der Waals surface area contributed by atoms with Gasteiger partial charge >= 0.3 is 0 Å². The maximum absolute atomic E-state index is 12.2. The second-order valence-corrected chi connectivity index (χ2v) is 6.02. The zero-order chi connectivity index (χ0) is 18.7. The van der Waals surface area contributed by atoms with Crippen LogP contribution in [0.3, 0.4) is 0 Å². The number of para-hydroxylation sites is 1. The third kappa shape index (κ3) is 3.28. The molecule has 8 nitrogen and oxygen atoms in total. The Balaban J connectivity index is 2.14. The number of nitrogens with two attached hydrogens (primary N) is 1. The topological polar surface area (TPSA) is 115 Å². The van der Waals surface area contributed by atoms with Crippen LogP contribution < -0.4 is 15.8 Å². The van der Waals surface area contributed by atoms with Crippen LogP contribution in [-0.4, -0.2) is 39.0 Å². The number of aromatic nitrogens is 3. The summed E-state index contributed by atoms with van der Waals surface area (Å²) in [6.45, 7) is 4.27. The molecule has 8 heteroatoms. The van der Waals surface area contributed by atoms with E-state index in [1.54, 1.807) is 11.6 Å². The van der Waals surface area contributed by atoms with Gasteiger partial charge in [0.25, 0.3) is 0 Å². The fourth-order valence-electron chi connectivity index (χ4n) is 3.14. The van der Waals surface area contributed by atoms with Crippen LogP contribution in [0.15, 0.2) is 35.5 Å². The van der Waals surface area contributed by atoms with Crippen molar-refractivity contribution in [2.45, 2.75) is 32.7 Å². The van der Waals surface area contributed by atoms with Crippen LogP contribution in [0.25, 0.3) is 0 Å². The summed E-state index contributed by atoms with van der Waals surface area (Å²) < 4.78 is 7.41. The highest BCUT2D eigenvalue weighted by Crippen LogP contribution is 2.38. The fraction of sp³-hybridized carbons (Fsp3) is 0.389. The molecule has 0 fully saturated rings. The fourth-order valence-corrected chi connectivity index (χ4v) is 3.14. The number of aliphatic hydroxyl groups excluding tert-OH is 1. The number of carbonyl (C=O) groups excluding carboxylic acids is 1. The first kappa shape index (κ1) is 17.9. The maximum Gasteiger partial charge on any atom is 0.248 e. The van der Waals surface area contributed by atoms with Crippen molar-refractivity contribution in [3.63, 3.8) is 0 Å². The number of allylic oxidation sites excluding steroid dienone is 1. The van der Waals surface area contributed by atoms with Gasteiger partial charge < -0.3 is 20.9 Å². The second kappa shape index (κ2) is 7.57. The van der Waals surface area contributed by atoms with Gasteiger partial charge in [-0.2, -0.15) is 10.1 Å². The van der Waals surface area contributed by atoms with Crippen LogP contribution in [0.4, 0.5) is 5.95 Å². The Morgan fingerprint density at radius 3 is 2.88 bits per heavy atom. The first-order valence-electron chi connectivity index (χ1n) is 8.62. The van der Waals surface area contributed by atoms with Crippen molar-refractivity contribution < 1.29 is 14.6 Å². The van der Waals surface area contributed by atoms with Crippen molar-refractivity contribution in [1.82, 2.24) is 14.8 Å². The van der Waals surface area contributed by atoms with E-state index in [1.807, 2.05) is 31.2 Å². The average molecular weight is 357 g/mol. The number of hydrogen-bond donors (Lipinski definition) is 3. The molecule has 1 amide bonds. The summed E-state index contributed by atoms with van der Waals surface area (Å²) >= 11 is 0. The number of rotatable bonds is 7. The number of aryl methyl sites for hydroxylation is 1. The lowest BCUT2D eigenvalue weighted by Gasteiger charge is -2.28. The van der Waals surface area contributed by atoms with Gasteiger partial charge in [-0.25, -0.2) is 4.68 Å². The van der Waals surface area contributed by atoms with Gasteiger partial charge in [-0.1, -0.05) is 18.2 Å². The zero-order valence-corrected chi connectivity index (χ0v) is 14.9. The van der Waals surface area contributed by atoms with Gasteiger partial charge in [0.15, 0.2) is 5.82 Å². The largest absolute Gasteiger partial charge is 0.494 e. The summed E-state index contributed by atoms with van der Waals surface area (Å²) in [6.07, 6.45) is 1.11. The van der Waals surface area contributed by atoms with Crippen molar-refractivity contribution in [3.8, 4) is 5.75 Å². The number of nitrogens with zero attached hydrogens (tertiary/aromatic N) is 3. The SMILES string of the molecule is CCOc1ccccc1[C@@H]1C(C(N)=O)=C(C)Nc2nc(CCCO)nn21. The molecule has 138 valence electrons. The normalized spacial score (nSPS) is 16.2. The molecule has 26 heavy (non-hydrogen) atoms. The van der Waals surface area contributed by atoms with E-state index in [4.69, 9.17) is 15.6 Å². The van der Waals surface area contributed by atoms with Crippen molar-refractivity contribution in [3.05, 3.63) is 46.9 Å². The van der Waals surface area contributed by atoms with Gasteiger partial charge in [0.2, 0.25) is 11.9 Å². The predicted molar refractivity (Wildman–Crippen MR) is 96.7 cm³/mol. The van der Waals surface area contributed by atoms with E-state index in [0.717, 1.165) is 5.56 Å². The predicted octanol–water partition coefficient (Wildman–Crippen LogP) is 1.38. The van der Waals surface area contributed by atoms with E-state index in [9.17, 15) is 4.79 Å². The third-order valence-electron chi connectivity index (χ3n) is 4.23. The Bertz CT molecular complexity index is 843. The minimum atomic E-state index is -0.526. The highest BCUT2D eigenvalue weighted by atomic mass is 16.5. The molecule has 4 N–H and O–H groups in total. The minimum absolute atomic E-state index is 0.0672. The lowest BCUT2D eigenvalue weighted by Crippen LogP contribution is -2.32. The Kier molecular flexibility index (Phi) is 5.22. The number of carbonyl (C=O) groups is 1. The van der Waals surface area contributed by atoms with E-state index in [1.165, 1.54) is 0 Å². The molecule has 2 aromatic rings. The Hall–Kier alpha value is -2.87. The minimum Gasteiger partial charge on any atom is -0.494 e. The van der Waals surface area contributed by atoms with Gasteiger partial charge in [-0.05, 0) is 26.3 Å². The monoisotopic (exact) mass is 357 g/mol. The molecular formula is C18H23N5O3. The smallest absolute Gasteiger partial charge is 0.248 e. The summed E-state index contributed by atoms with van der Waals surface area (Å²) in [6, 6.07) is 7.00. The van der Waals surface area contributed by atoms with E-state index >= 15 is 0 Å². The molecule has 1 aliphatic rings. The van der Waals surface area contributed by atoms with Crippen LogP contribution >= 0.6 is 0 Å². The first-order chi connectivity index (χ1) is 12.6. The molecule has 1 aliphatic heterocycles. The molecule has 3 rings (SSSR count). The van der Waals surface area contributed by atoms with Crippen LogP contribution in [0.5, 0.6) is 5.75 Å². The Labute approximate surface area is 151 Å². The Morgan fingerprint density at radius 1 is 1.42 bits per heavy atom. The summed E-state index contributed by atoms with van der Waals surface area (Å²) in [4.78, 5) is 16.7. The molecular weight excluding hydrogens is 334 g/mol. The summed E-state index contributed by atoms with van der Waals surface area (Å²) in [7, 11) is 0. The van der Waals surface area contributed by atoms with Gasteiger partial charge in [0.1, 0.15) is 11.8 Å². The molecule has 0 unspecified atom stereocenters. The number of ether oxygens (including phenoxy) is 1. The van der Waals surface area contributed by atoms with Gasteiger partial charge in [-0.3, -0.25) is 4.79 Å². The standard InChI is InChI=1S/C18H23N5O3/c1-3-26-13-8-5-4-7-12(13)16-15(17(19)25)11(2)20-18-21-14(9-6-10-24)22-23(16)18/h4-5,7-8,16,24H,3,6,9-10H2,1-2H3,(H2,19,25)(H,20,21,22)/t16-/m1/s1. The van der Waals surface area contributed by atoms with E-state index in [0.29, 0.717) is 48.2 Å². The highest BCUT2D eigenvalue weighted by Gasteiger charge is 2.34. The number of primary amides is 1. The average Bonchev–Trinajstić information content (AvgIpc) is 3.01. The van der Waals surface area contributed by atoms with E-state index in [2.05, 4.69) is 15.4 Å². The number of benzene rings is 1. The Morgan fingerprint density at radius 2 is 2.19 bits per heavy atom. The maximum atomic E-state index is 12.2. The van der Waals surface area contributed by atoms with Crippen molar-refractivity contribution >= 4 is 11.9 Å². The van der Waals surface area contributed by atoms with Crippen LogP contribution in [0, 0.1) is 0 Å². The molecule has 0 radical (unpaired) electrons. The number of aliphatic hydroxyl groups is 1. The molecule has 1 atom stereocenters. The lowest BCUT2D eigenvalue weighted by molar-refractivity contribution is -0.115. The summed E-state index contributed by atoms with van der Waals surface area (Å²) in [5.41, 5.74) is 7.54. The number of fused-ring (bicyclic) bond motifs is 1. The second-order valence-electron chi connectivity index (χ2n) is 6.02. The van der Waals surface area contributed by atoms with E-state index < -0.39 is 11.9 Å². The molecule has 1 aromatic carbocycles. The number of amides is 1. The van der Waals surface area contributed by atoms with Crippen LogP contribution in [-0.2, 0) is 11.2 Å². The van der Waals surface area contributed by atoms with Gasteiger partial charge in [0.05, 0.1) is 12.2 Å². The zero-order valence-electron chi connectivity index (χ0n) is 14.9. The molecule has 2 heterocycles. The summed E-state index contributed by atoms with van der Waals surface area (Å²) in [5, 5.41) is 16.7. The van der Waals surface area contributed by atoms with Crippen molar-refractivity contribution in [1.29, 1.82) is 0 Å². The molecule has 0 saturated heterocycles. The third-order valence-corrected chi connectivity index (χ3v) is 4.23. The highest BCUT2D eigenvalue weighted by molar-refractivity contribution is 5.95. The molecule has 1 aromatic heterocycles. The quantitative estimate of drug-likeness (QED) is 0.689. The van der Waals surface area contributed by atoms with Crippen LogP contribution in [0.1, 0.15) is 37.7 Å². The lowest BCUT2D eigenvalue weighted by atomic mass is 9.94. The van der Waals surface area contributed by atoms with Crippen molar-refractivity contribution in [2.75, 3.05) is 18.5 Å². The summed E-state index contributed by atoms with van der Waals surface area (Å²) in [5.74, 6) is 1.28. The van der Waals surface area contributed by atoms with Gasteiger partial charge in [-0.15, -0.1) is 0 Å². The molecule has 0 saturated carbocycles. The van der Waals surface area contributed by atoms with Crippen molar-refractivity contribution in [2.24, 2.45) is 5.73 Å². The molecule has 0 spiro atoms. The van der Waals surface area contributed by atoms with Crippen LogP contribution in [0.2, 0.25) is 0 Å². The number of nitrogens with one attached hydrogen (secondary N) is 1. The molecule has 0 aliphatic carbocycles. The first-order valence-corrected chi connectivity index (χ1v) is 8.62. The van der Waals surface area contributed by atoms with Gasteiger partial charge in [0, 0.05) is 24.3 Å². The number of hydrogen-bond acceptors (Lipinski definition) is 6.